The number of methoxy groups -OCH3 is 1. The van der Waals surface area contributed by atoms with Gasteiger partial charge >= 0.3 is 6.18 Å². The fraction of sp³-hybridized carbons (Fsp3) is 0.200. The molecule has 0 heterocycles. The molecule has 0 saturated carbocycles. The third-order valence-corrected chi connectivity index (χ3v) is 2.88. The van der Waals surface area contributed by atoms with Gasteiger partial charge in [-0.05, 0) is 42.8 Å². The summed E-state index contributed by atoms with van der Waals surface area (Å²) in [6.07, 6.45) is -4.44. The van der Waals surface area contributed by atoms with Gasteiger partial charge in [-0.1, -0.05) is 6.07 Å². The Morgan fingerprint density at radius 3 is 2.19 bits per heavy atom. The number of aryl methyl sites for hydroxylation is 1. The maximum absolute atomic E-state index is 12.6. The summed E-state index contributed by atoms with van der Waals surface area (Å²) in [4.78, 5) is 0. The second-order valence-electron chi connectivity index (χ2n) is 4.51. The monoisotopic (exact) mass is 297 g/mol. The van der Waals surface area contributed by atoms with Gasteiger partial charge in [0.2, 0.25) is 0 Å². The molecule has 0 aliphatic carbocycles. The van der Waals surface area contributed by atoms with Crippen LogP contribution in [0.15, 0.2) is 36.4 Å². The van der Waals surface area contributed by atoms with Gasteiger partial charge in [-0.3, -0.25) is 0 Å². The van der Waals surface area contributed by atoms with E-state index in [0.717, 1.165) is 17.7 Å². The van der Waals surface area contributed by atoms with E-state index >= 15 is 0 Å². The van der Waals surface area contributed by atoms with Crippen LogP contribution in [0.5, 0.6) is 17.2 Å². The van der Waals surface area contributed by atoms with Crippen molar-refractivity contribution in [3.63, 3.8) is 0 Å². The molecular formula is C15H14F3NO2. The maximum atomic E-state index is 12.6. The Labute approximate surface area is 120 Å². The number of hydrogen-bond acceptors (Lipinski definition) is 3. The highest BCUT2D eigenvalue weighted by Crippen LogP contribution is 2.37. The summed E-state index contributed by atoms with van der Waals surface area (Å²) in [7, 11) is 1.48. The van der Waals surface area contributed by atoms with Gasteiger partial charge in [-0.15, -0.1) is 0 Å². The number of nitrogen functional groups attached to an aromatic ring is 1. The molecule has 0 fully saturated rings. The first-order chi connectivity index (χ1) is 9.81. The first kappa shape index (κ1) is 15.0. The van der Waals surface area contributed by atoms with E-state index in [2.05, 4.69) is 0 Å². The van der Waals surface area contributed by atoms with Crippen molar-refractivity contribution in [3.05, 3.63) is 47.5 Å². The lowest BCUT2D eigenvalue weighted by molar-refractivity contribution is -0.137. The van der Waals surface area contributed by atoms with Gasteiger partial charge in [-0.25, -0.2) is 0 Å². The smallest absolute Gasteiger partial charge is 0.416 e. The van der Waals surface area contributed by atoms with E-state index in [1.807, 2.05) is 6.92 Å². The molecule has 0 aliphatic heterocycles. The van der Waals surface area contributed by atoms with Crippen LogP contribution in [-0.4, -0.2) is 7.11 Å². The molecule has 2 aromatic carbocycles. The van der Waals surface area contributed by atoms with E-state index in [4.69, 9.17) is 15.2 Å². The Balaban J connectivity index is 2.32. The molecule has 3 nitrogen and oxygen atoms in total. The molecule has 21 heavy (non-hydrogen) atoms. The topological polar surface area (TPSA) is 44.5 Å². The molecule has 112 valence electrons. The quantitative estimate of drug-likeness (QED) is 0.854. The lowest BCUT2D eigenvalue weighted by Crippen LogP contribution is -2.06. The van der Waals surface area contributed by atoms with Gasteiger partial charge in [0.05, 0.1) is 18.4 Å². The summed E-state index contributed by atoms with van der Waals surface area (Å²) < 4.78 is 48.4. The van der Waals surface area contributed by atoms with Crippen molar-refractivity contribution in [2.45, 2.75) is 13.1 Å². The van der Waals surface area contributed by atoms with Crippen LogP contribution in [0.2, 0.25) is 0 Å². The normalized spacial score (nSPS) is 11.3. The summed E-state index contributed by atoms with van der Waals surface area (Å²) in [5, 5.41) is 0. The van der Waals surface area contributed by atoms with Crippen molar-refractivity contribution in [2.75, 3.05) is 12.8 Å². The number of rotatable bonds is 3. The van der Waals surface area contributed by atoms with E-state index in [0.29, 0.717) is 11.5 Å². The highest BCUT2D eigenvalue weighted by atomic mass is 19.4. The van der Waals surface area contributed by atoms with Crippen molar-refractivity contribution < 1.29 is 22.6 Å². The van der Waals surface area contributed by atoms with Crippen LogP contribution in [0.25, 0.3) is 0 Å². The van der Waals surface area contributed by atoms with E-state index in [9.17, 15) is 13.2 Å². The third kappa shape index (κ3) is 3.39. The number of ether oxygens (including phenoxy) is 2. The minimum atomic E-state index is -4.44. The Hall–Kier alpha value is -2.37. The Bertz CT molecular complexity index is 654. The maximum Gasteiger partial charge on any atom is 0.416 e. The standard InChI is InChI=1S/C15H14F3NO2/c1-9-3-5-13(14(7-9)20-2)21-12-6-4-10(8-11(12)19)15(16,17)18/h3-8H,19H2,1-2H3. The number of alkyl halides is 3. The first-order valence-electron chi connectivity index (χ1n) is 6.10. The molecular weight excluding hydrogens is 283 g/mol. The minimum absolute atomic E-state index is 0.0903. The van der Waals surface area contributed by atoms with E-state index < -0.39 is 11.7 Å². The molecule has 0 spiro atoms. The third-order valence-electron chi connectivity index (χ3n) is 2.88. The number of benzene rings is 2. The lowest BCUT2D eigenvalue weighted by atomic mass is 10.2. The van der Waals surface area contributed by atoms with Gasteiger partial charge in [0.15, 0.2) is 17.2 Å². The second kappa shape index (κ2) is 5.55. The van der Waals surface area contributed by atoms with E-state index in [1.54, 1.807) is 18.2 Å². The number of hydrogen-bond donors (Lipinski definition) is 1. The van der Waals surface area contributed by atoms with Crippen LogP contribution < -0.4 is 15.2 Å². The fourth-order valence-corrected chi connectivity index (χ4v) is 1.80. The predicted octanol–water partition coefficient (Wildman–Crippen LogP) is 4.40. The first-order valence-corrected chi connectivity index (χ1v) is 6.10. The van der Waals surface area contributed by atoms with Crippen molar-refractivity contribution in [2.24, 2.45) is 0 Å². The molecule has 2 rings (SSSR count). The summed E-state index contributed by atoms with van der Waals surface area (Å²) in [6, 6.07) is 8.19. The van der Waals surface area contributed by atoms with Crippen molar-refractivity contribution in [3.8, 4) is 17.2 Å². The van der Waals surface area contributed by atoms with Crippen molar-refractivity contribution in [1.29, 1.82) is 0 Å². The molecule has 0 amide bonds. The Kier molecular flexibility index (Phi) is 3.97. The lowest BCUT2D eigenvalue weighted by Gasteiger charge is -2.14. The summed E-state index contributed by atoms with van der Waals surface area (Å²) >= 11 is 0. The zero-order valence-electron chi connectivity index (χ0n) is 11.5. The van der Waals surface area contributed by atoms with Crippen LogP contribution in [-0.2, 0) is 6.18 Å². The Morgan fingerprint density at radius 2 is 1.62 bits per heavy atom. The van der Waals surface area contributed by atoms with Gasteiger partial charge in [0.25, 0.3) is 0 Å². The van der Waals surface area contributed by atoms with Crippen molar-refractivity contribution >= 4 is 5.69 Å². The average molecular weight is 297 g/mol. The van der Waals surface area contributed by atoms with Gasteiger partial charge in [0.1, 0.15) is 0 Å². The molecule has 0 radical (unpaired) electrons. The zero-order chi connectivity index (χ0) is 15.6. The summed E-state index contributed by atoms with van der Waals surface area (Å²) in [6.45, 7) is 1.89. The molecule has 0 atom stereocenters. The molecule has 6 heteroatoms. The molecule has 2 N–H and O–H groups in total. The van der Waals surface area contributed by atoms with Crippen LogP contribution in [0.1, 0.15) is 11.1 Å². The SMILES string of the molecule is COc1cc(C)ccc1Oc1ccc(C(F)(F)F)cc1N. The fourth-order valence-electron chi connectivity index (χ4n) is 1.80. The molecule has 0 saturated heterocycles. The highest BCUT2D eigenvalue weighted by molar-refractivity contribution is 5.57. The number of nitrogens with two attached hydrogens (primary N) is 1. The average Bonchev–Trinajstić information content (AvgIpc) is 2.41. The summed E-state index contributed by atoms with van der Waals surface area (Å²) in [5.41, 5.74) is 5.69. The van der Waals surface area contributed by atoms with Gasteiger partial charge in [-0.2, -0.15) is 13.2 Å². The van der Waals surface area contributed by atoms with Crippen LogP contribution >= 0.6 is 0 Å². The summed E-state index contributed by atoms with van der Waals surface area (Å²) in [5.74, 6) is 1.01. The molecule has 0 bridgehead atoms. The van der Waals surface area contributed by atoms with Gasteiger partial charge < -0.3 is 15.2 Å². The predicted molar refractivity (Wildman–Crippen MR) is 73.7 cm³/mol. The number of anilines is 1. The Morgan fingerprint density at radius 1 is 0.952 bits per heavy atom. The van der Waals surface area contributed by atoms with Gasteiger partial charge in [0, 0.05) is 0 Å². The molecule has 2 aromatic rings. The largest absolute Gasteiger partial charge is 0.493 e. The van der Waals surface area contributed by atoms with E-state index in [1.165, 1.54) is 13.2 Å². The highest BCUT2D eigenvalue weighted by Gasteiger charge is 2.31. The van der Waals surface area contributed by atoms with Crippen LogP contribution in [0.4, 0.5) is 18.9 Å². The second-order valence-corrected chi connectivity index (χ2v) is 4.51. The zero-order valence-corrected chi connectivity index (χ0v) is 11.5. The van der Waals surface area contributed by atoms with Crippen LogP contribution in [0, 0.1) is 6.92 Å². The van der Waals surface area contributed by atoms with E-state index in [-0.39, 0.29) is 11.4 Å². The molecule has 0 aliphatic rings. The minimum Gasteiger partial charge on any atom is -0.493 e. The molecule has 0 unspecified atom stereocenters. The number of halogens is 3. The van der Waals surface area contributed by atoms with Crippen molar-refractivity contribution in [1.82, 2.24) is 0 Å². The molecule has 0 aromatic heterocycles. The van der Waals surface area contributed by atoms with Crippen LogP contribution in [0.3, 0.4) is 0 Å².